The number of amides is 1. The van der Waals surface area contributed by atoms with Gasteiger partial charge in [0.1, 0.15) is 5.76 Å². The number of benzene rings is 1. The van der Waals surface area contributed by atoms with Crippen molar-refractivity contribution in [3.63, 3.8) is 0 Å². The zero-order valence-corrected chi connectivity index (χ0v) is 11.9. The second-order valence-corrected chi connectivity index (χ2v) is 5.22. The smallest absolute Gasteiger partial charge is 0.273 e. The van der Waals surface area contributed by atoms with Gasteiger partial charge in [0.2, 0.25) is 0 Å². The van der Waals surface area contributed by atoms with Crippen LogP contribution in [0.25, 0.3) is 0 Å². The molecule has 1 aliphatic rings. The zero-order valence-electron chi connectivity index (χ0n) is 11.9. The summed E-state index contributed by atoms with van der Waals surface area (Å²) in [4.78, 5) is 16.0. The lowest BCUT2D eigenvalue weighted by Gasteiger charge is -2.19. The Kier molecular flexibility index (Phi) is 4.01. The van der Waals surface area contributed by atoms with Crippen LogP contribution in [-0.2, 0) is 4.74 Å². The third kappa shape index (κ3) is 2.97. The van der Waals surface area contributed by atoms with Crippen LogP contribution in [0.2, 0.25) is 0 Å². The van der Waals surface area contributed by atoms with Crippen molar-refractivity contribution < 1.29 is 13.9 Å². The number of aryl methyl sites for hydroxylation is 1. The molecule has 0 unspecified atom stereocenters. The molecule has 1 aliphatic heterocycles. The molecule has 0 aliphatic carbocycles. The van der Waals surface area contributed by atoms with Crippen molar-refractivity contribution in [2.24, 2.45) is 5.92 Å². The summed E-state index contributed by atoms with van der Waals surface area (Å²) in [7, 11) is 0. The first-order valence-electron chi connectivity index (χ1n) is 7.10. The number of hydrogen-bond donors (Lipinski definition) is 1. The number of nitrogens with zero attached hydrogens (tertiary/aromatic N) is 1. The highest BCUT2D eigenvalue weighted by molar-refractivity contribution is 5.93. The first-order chi connectivity index (χ1) is 10.3. The molecule has 1 saturated heterocycles. The Morgan fingerprint density at radius 2 is 2.19 bits per heavy atom. The third-order valence-electron chi connectivity index (χ3n) is 3.83. The van der Waals surface area contributed by atoms with Gasteiger partial charge in [0.05, 0.1) is 6.10 Å². The average molecular weight is 286 g/mol. The van der Waals surface area contributed by atoms with Gasteiger partial charge in [0, 0.05) is 19.1 Å². The number of carbonyl (C=O) groups is 1. The van der Waals surface area contributed by atoms with Crippen LogP contribution in [-0.4, -0.2) is 24.0 Å². The molecular weight excluding hydrogens is 268 g/mol. The predicted octanol–water partition coefficient (Wildman–Crippen LogP) is 2.49. The average Bonchev–Trinajstić information content (AvgIpc) is 3.14. The molecule has 0 spiro atoms. The lowest BCUT2D eigenvalue weighted by atomic mass is 9.95. The van der Waals surface area contributed by atoms with Gasteiger partial charge in [-0.05, 0) is 18.9 Å². The maximum absolute atomic E-state index is 12.1. The van der Waals surface area contributed by atoms with Crippen molar-refractivity contribution in [1.29, 1.82) is 0 Å². The molecule has 1 N–H and O–H groups in total. The molecular formula is C16H18N2O3. The topological polar surface area (TPSA) is 64.4 Å². The molecule has 110 valence electrons. The lowest BCUT2D eigenvalue weighted by Crippen LogP contribution is -2.31. The molecule has 0 bridgehead atoms. The molecule has 3 rings (SSSR count). The van der Waals surface area contributed by atoms with Crippen molar-refractivity contribution in [1.82, 2.24) is 10.3 Å². The van der Waals surface area contributed by atoms with Gasteiger partial charge in [0.25, 0.3) is 5.91 Å². The van der Waals surface area contributed by atoms with Crippen LogP contribution in [0.1, 0.15) is 34.3 Å². The van der Waals surface area contributed by atoms with Crippen LogP contribution in [0, 0.1) is 12.8 Å². The second kappa shape index (κ2) is 6.10. The zero-order chi connectivity index (χ0) is 14.7. The van der Waals surface area contributed by atoms with Gasteiger partial charge >= 0.3 is 0 Å². The van der Waals surface area contributed by atoms with Crippen LogP contribution >= 0.6 is 0 Å². The van der Waals surface area contributed by atoms with Crippen molar-refractivity contribution in [2.75, 3.05) is 13.2 Å². The Hall–Kier alpha value is -2.14. The molecule has 2 aromatic rings. The highest BCUT2D eigenvalue weighted by Crippen LogP contribution is 2.33. The first kappa shape index (κ1) is 13.8. The Labute approximate surface area is 123 Å². The van der Waals surface area contributed by atoms with Crippen LogP contribution in [0.3, 0.4) is 0 Å². The predicted molar refractivity (Wildman–Crippen MR) is 76.8 cm³/mol. The molecule has 1 amide bonds. The number of oxazole rings is 1. The van der Waals surface area contributed by atoms with Crippen molar-refractivity contribution in [2.45, 2.75) is 19.4 Å². The third-order valence-corrected chi connectivity index (χ3v) is 3.83. The molecule has 0 radical (unpaired) electrons. The molecule has 21 heavy (non-hydrogen) atoms. The largest absolute Gasteiger partial charge is 0.448 e. The Morgan fingerprint density at radius 3 is 2.90 bits per heavy atom. The van der Waals surface area contributed by atoms with Gasteiger partial charge in [-0.1, -0.05) is 30.3 Å². The van der Waals surface area contributed by atoms with Crippen molar-refractivity contribution >= 4 is 5.91 Å². The van der Waals surface area contributed by atoms with Crippen LogP contribution < -0.4 is 5.32 Å². The minimum Gasteiger partial charge on any atom is -0.448 e. The van der Waals surface area contributed by atoms with E-state index in [0.29, 0.717) is 18.0 Å². The summed E-state index contributed by atoms with van der Waals surface area (Å²) in [6, 6.07) is 10.1. The minimum absolute atomic E-state index is 0.0462. The number of hydrogen-bond acceptors (Lipinski definition) is 4. The van der Waals surface area contributed by atoms with Crippen molar-refractivity contribution in [3.05, 3.63) is 53.7 Å². The number of carbonyl (C=O) groups excluding carboxylic acids is 1. The van der Waals surface area contributed by atoms with Gasteiger partial charge < -0.3 is 14.5 Å². The minimum atomic E-state index is -0.194. The maximum Gasteiger partial charge on any atom is 0.273 e. The standard InChI is InChI=1S/C16H18N2O3/c1-11-14(18-10-21-11)16(19)17-9-13-7-8-20-15(13)12-5-3-2-4-6-12/h2-6,10,13,15H,7-9H2,1H3,(H,17,19)/t13-,15-/m1/s1. The first-order valence-corrected chi connectivity index (χ1v) is 7.10. The fourth-order valence-corrected chi connectivity index (χ4v) is 2.68. The number of aromatic nitrogens is 1. The fourth-order valence-electron chi connectivity index (χ4n) is 2.68. The van der Waals surface area contributed by atoms with Gasteiger partial charge in [-0.25, -0.2) is 4.98 Å². The number of nitrogens with one attached hydrogen (secondary N) is 1. The van der Waals surface area contributed by atoms with E-state index in [2.05, 4.69) is 22.4 Å². The Bertz CT molecular complexity index is 609. The van der Waals surface area contributed by atoms with E-state index in [1.165, 1.54) is 6.39 Å². The molecule has 0 saturated carbocycles. The summed E-state index contributed by atoms with van der Waals surface area (Å²) in [5, 5.41) is 2.93. The van der Waals surface area contributed by atoms with Gasteiger partial charge in [-0.3, -0.25) is 4.79 Å². The van der Waals surface area contributed by atoms with Gasteiger partial charge in [-0.2, -0.15) is 0 Å². The van der Waals surface area contributed by atoms with Crippen LogP contribution in [0.15, 0.2) is 41.1 Å². The number of ether oxygens (including phenoxy) is 1. The summed E-state index contributed by atoms with van der Waals surface area (Å²) >= 11 is 0. The summed E-state index contributed by atoms with van der Waals surface area (Å²) < 4.78 is 10.9. The monoisotopic (exact) mass is 286 g/mol. The molecule has 1 aromatic heterocycles. The van der Waals surface area contributed by atoms with Gasteiger partial charge in [-0.15, -0.1) is 0 Å². The Morgan fingerprint density at radius 1 is 1.38 bits per heavy atom. The number of rotatable bonds is 4. The lowest BCUT2D eigenvalue weighted by molar-refractivity contribution is 0.0843. The second-order valence-electron chi connectivity index (χ2n) is 5.22. The molecule has 2 heterocycles. The summed E-state index contributed by atoms with van der Waals surface area (Å²) in [6.45, 7) is 3.03. The molecule has 5 heteroatoms. The highest BCUT2D eigenvalue weighted by Gasteiger charge is 2.30. The molecule has 5 nitrogen and oxygen atoms in total. The van der Waals surface area contributed by atoms with E-state index in [1.54, 1.807) is 6.92 Å². The Balaban J connectivity index is 1.62. The summed E-state index contributed by atoms with van der Waals surface area (Å²) in [5.41, 5.74) is 1.51. The van der Waals surface area contributed by atoms with E-state index in [-0.39, 0.29) is 17.9 Å². The van der Waals surface area contributed by atoms with E-state index in [4.69, 9.17) is 9.15 Å². The van der Waals surface area contributed by atoms with Crippen molar-refractivity contribution in [3.8, 4) is 0 Å². The van der Waals surface area contributed by atoms with Crippen LogP contribution in [0.4, 0.5) is 0 Å². The van der Waals surface area contributed by atoms with Gasteiger partial charge in [0.15, 0.2) is 12.1 Å². The van der Waals surface area contributed by atoms with E-state index >= 15 is 0 Å². The quantitative estimate of drug-likeness (QED) is 0.938. The molecule has 1 aromatic carbocycles. The molecule has 1 fully saturated rings. The van der Waals surface area contributed by atoms with E-state index in [1.807, 2.05) is 18.2 Å². The SMILES string of the molecule is Cc1ocnc1C(=O)NC[C@H]1CCO[C@@H]1c1ccccc1. The van der Waals surface area contributed by atoms with E-state index < -0.39 is 0 Å². The molecule has 2 atom stereocenters. The summed E-state index contributed by atoms with van der Waals surface area (Å²) in [6.07, 6.45) is 2.28. The normalized spacial score (nSPS) is 21.4. The summed E-state index contributed by atoms with van der Waals surface area (Å²) in [5.74, 6) is 0.623. The van der Waals surface area contributed by atoms with E-state index in [0.717, 1.165) is 18.6 Å². The van der Waals surface area contributed by atoms with E-state index in [9.17, 15) is 4.79 Å². The fraction of sp³-hybridized carbons (Fsp3) is 0.375. The van der Waals surface area contributed by atoms with Crippen LogP contribution in [0.5, 0.6) is 0 Å². The maximum atomic E-state index is 12.1. The highest BCUT2D eigenvalue weighted by atomic mass is 16.5.